The smallest absolute Gasteiger partial charge is 0.251 e. The number of nitrogens with zero attached hydrogens (tertiary/aromatic N) is 3. The lowest BCUT2D eigenvalue weighted by Crippen LogP contribution is -2.51. The van der Waals surface area contributed by atoms with Crippen LogP contribution in [0.15, 0.2) is 5.38 Å². The van der Waals surface area contributed by atoms with Crippen molar-refractivity contribution in [3.63, 3.8) is 0 Å². The van der Waals surface area contributed by atoms with Gasteiger partial charge in [-0.3, -0.25) is 9.69 Å². The molecule has 6 heteroatoms. The van der Waals surface area contributed by atoms with Crippen LogP contribution in [-0.4, -0.2) is 59.6 Å². The largest absolute Gasteiger partial charge is 0.368 e. The highest BCUT2D eigenvalue weighted by atomic mass is 32.1. The van der Waals surface area contributed by atoms with E-state index in [1.54, 1.807) is 11.3 Å². The van der Waals surface area contributed by atoms with Crippen LogP contribution in [0.3, 0.4) is 0 Å². The molecule has 1 amide bonds. The number of piperazine rings is 1. The van der Waals surface area contributed by atoms with E-state index in [1.165, 1.54) is 5.01 Å². The zero-order valence-electron chi connectivity index (χ0n) is 12.6. The Kier molecular flexibility index (Phi) is 4.87. The molecule has 5 nitrogen and oxygen atoms in total. The Hall–Kier alpha value is -0.980. The Morgan fingerprint density at radius 3 is 2.86 bits per heavy atom. The van der Waals surface area contributed by atoms with Crippen LogP contribution < -0.4 is 0 Å². The lowest BCUT2D eigenvalue weighted by atomic mass is 10.2. The minimum absolute atomic E-state index is 0.179. The fourth-order valence-corrected chi connectivity index (χ4v) is 3.65. The van der Waals surface area contributed by atoms with Crippen molar-refractivity contribution in [1.29, 1.82) is 0 Å². The number of carbonyl (C=O) groups is 1. The van der Waals surface area contributed by atoms with Crippen molar-refractivity contribution in [3.8, 4) is 0 Å². The van der Waals surface area contributed by atoms with Gasteiger partial charge in [0.05, 0.1) is 10.7 Å². The summed E-state index contributed by atoms with van der Waals surface area (Å²) in [5, 5.41) is 3.36. The molecule has 1 aromatic heterocycles. The predicted octanol–water partition coefficient (Wildman–Crippen LogP) is 1.53. The number of aryl methyl sites for hydroxylation is 1. The molecule has 0 aliphatic carbocycles. The van der Waals surface area contributed by atoms with Gasteiger partial charge in [-0.1, -0.05) is 6.92 Å². The van der Waals surface area contributed by atoms with Crippen molar-refractivity contribution < 1.29 is 9.53 Å². The van der Waals surface area contributed by atoms with Crippen molar-refractivity contribution in [1.82, 2.24) is 14.8 Å². The van der Waals surface area contributed by atoms with Crippen LogP contribution in [-0.2, 0) is 22.5 Å². The number of ether oxygens (including phenoxy) is 1. The normalized spacial score (nSPS) is 23.7. The van der Waals surface area contributed by atoms with Crippen molar-refractivity contribution in [2.75, 3.05) is 32.8 Å². The molecule has 0 spiro atoms. The summed E-state index contributed by atoms with van der Waals surface area (Å²) in [6.07, 6.45) is 2.73. The molecule has 0 N–H and O–H groups in total. The standard InChI is InChI=1S/C15H23N3O2S/c1-2-14-16-12(11-21-14)10-17-5-7-18(8-6-17)15(19)13-4-3-9-20-13/h11,13H,2-10H2,1H3/t13-/m0/s1. The molecule has 2 aliphatic heterocycles. The molecular weight excluding hydrogens is 286 g/mol. The number of hydrogen-bond donors (Lipinski definition) is 0. The van der Waals surface area contributed by atoms with Gasteiger partial charge in [-0.05, 0) is 19.3 Å². The summed E-state index contributed by atoms with van der Waals surface area (Å²) >= 11 is 1.74. The van der Waals surface area contributed by atoms with Gasteiger partial charge in [0.1, 0.15) is 6.10 Å². The number of thiazole rings is 1. The molecular formula is C15H23N3O2S. The van der Waals surface area contributed by atoms with Gasteiger partial charge in [0.2, 0.25) is 0 Å². The molecule has 116 valence electrons. The average molecular weight is 309 g/mol. The molecule has 21 heavy (non-hydrogen) atoms. The van der Waals surface area contributed by atoms with Gasteiger partial charge >= 0.3 is 0 Å². The summed E-state index contributed by atoms with van der Waals surface area (Å²) in [7, 11) is 0. The molecule has 1 atom stereocenters. The van der Waals surface area contributed by atoms with Crippen LogP contribution in [0.2, 0.25) is 0 Å². The van der Waals surface area contributed by atoms with Gasteiger partial charge in [0.15, 0.2) is 0 Å². The third-order valence-electron chi connectivity index (χ3n) is 4.18. The van der Waals surface area contributed by atoms with Crippen LogP contribution in [0.25, 0.3) is 0 Å². The third kappa shape index (κ3) is 3.62. The summed E-state index contributed by atoms with van der Waals surface area (Å²) < 4.78 is 5.49. The first-order chi connectivity index (χ1) is 10.3. The molecule has 2 fully saturated rings. The van der Waals surface area contributed by atoms with E-state index in [4.69, 9.17) is 4.74 Å². The van der Waals surface area contributed by atoms with Crippen LogP contribution in [0.5, 0.6) is 0 Å². The highest BCUT2D eigenvalue weighted by Crippen LogP contribution is 2.17. The van der Waals surface area contributed by atoms with Crippen LogP contribution in [0, 0.1) is 0 Å². The van der Waals surface area contributed by atoms with Crippen LogP contribution >= 0.6 is 11.3 Å². The summed E-state index contributed by atoms with van der Waals surface area (Å²) in [6, 6.07) is 0. The molecule has 1 aromatic rings. The van der Waals surface area contributed by atoms with Gasteiger partial charge < -0.3 is 9.64 Å². The maximum atomic E-state index is 12.3. The number of carbonyl (C=O) groups excluding carboxylic acids is 1. The highest BCUT2D eigenvalue weighted by molar-refractivity contribution is 7.09. The van der Waals surface area contributed by atoms with Crippen LogP contribution in [0.1, 0.15) is 30.5 Å². The minimum Gasteiger partial charge on any atom is -0.368 e. The van der Waals surface area contributed by atoms with Crippen molar-refractivity contribution in [3.05, 3.63) is 16.1 Å². The molecule has 2 aliphatic rings. The van der Waals surface area contributed by atoms with Crippen molar-refractivity contribution >= 4 is 17.2 Å². The SMILES string of the molecule is CCc1nc(CN2CCN(C(=O)[C@@H]3CCCO3)CC2)cs1. The molecule has 3 rings (SSSR count). The van der Waals surface area contributed by atoms with Gasteiger partial charge in [-0.15, -0.1) is 11.3 Å². The van der Waals surface area contributed by atoms with E-state index in [2.05, 4.69) is 22.2 Å². The molecule has 0 saturated carbocycles. The van der Waals surface area contributed by atoms with E-state index < -0.39 is 0 Å². The number of aromatic nitrogens is 1. The Bertz CT molecular complexity index is 477. The summed E-state index contributed by atoms with van der Waals surface area (Å²) in [5.41, 5.74) is 1.16. The average Bonchev–Trinajstić information content (AvgIpc) is 3.19. The van der Waals surface area contributed by atoms with Gasteiger partial charge in [0, 0.05) is 44.7 Å². The maximum absolute atomic E-state index is 12.3. The first-order valence-corrected chi connectivity index (χ1v) is 8.70. The third-order valence-corrected chi connectivity index (χ3v) is 5.22. The molecule has 0 unspecified atom stereocenters. The fourth-order valence-electron chi connectivity index (χ4n) is 2.92. The topological polar surface area (TPSA) is 45.7 Å². The monoisotopic (exact) mass is 309 g/mol. The van der Waals surface area contributed by atoms with E-state index in [0.29, 0.717) is 0 Å². The number of amides is 1. The Morgan fingerprint density at radius 1 is 1.43 bits per heavy atom. The highest BCUT2D eigenvalue weighted by Gasteiger charge is 2.30. The second kappa shape index (κ2) is 6.85. The second-order valence-corrected chi connectivity index (χ2v) is 6.63. The summed E-state index contributed by atoms with van der Waals surface area (Å²) in [4.78, 5) is 21.2. The maximum Gasteiger partial charge on any atom is 0.251 e. The first-order valence-electron chi connectivity index (χ1n) is 7.82. The van der Waals surface area contributed by atoms with Gasteiger partial charge in [-0.2, -0.15) is 0 Å². The molecule has 0 radical (unpaired) electrons. The molecule has 0 aromatic carbocycles. The quantitative estimate of drug-likeness (QED) is 0.846. The molecule has 0 bridgehead atoms. The lowest BCUT2D eigenvalue weighted by molar-refractivity contribution is -0.142. The first kappa shape index (κ1) is 14.9. The number of rotatable bonds is 4. The van der Waals surface area contributed by atoms with Gasteiger partial charge in [-0.25, -0.2) is 4.98 Å². The fraction of sp³-hybridized carbons (Fsp3) is 0.733. The summed E-state index contributed by atoms with van der Waals surface area (Å²) in [5.74, 6) is 0.189. The zero-order chi connectivity index (χ0) is 14.7. The Balaban J connectivity index is 1.47. The van der Waals surface area contributed by atoms with E-state index in [0.717, 1.165) is 64.3 Å². The predicted molar refractivity (Wildman–Crippen MR) is 82.3 cm³/mol. The van der Waals surface area contributed by atoms with E-state index in [-0.39, 0.29) is 12.0 Å². The molecule has 2 saturated heterocycles. The number of hydrogen-bond acceptors (Lipinski definition) is 5. The Labute approximate surface area is 129 Å². The second-order valence-electron chi connectivity index (χ2n) is 5.69. The molecule has 3 heterocycles. The van der Waals surface area contributed by atoms with Crippen LogP contribution in [0.4, 0.5) is 0 Å². The van der Waals surface area contributed by atoms with E-state index in [1.807, 2.05) is 4.90 Å². The van der Waals surface area contributed by atoms with E-state index >= 15 is 0 Å². The van der Waals surface area contributed by atoms with E-state index in [9.17, 15) is 4.79 Å². The minimum atomic E-state index is -0.179. The zero-order valence-corrected chi connectivity index (χ0v) is 13.4. The lowest BCUT2D eigenvalue weighted by Gasteiger charge is -2.35. The Morgan fingerprint density at radius 2 is 2.24 bits per heavy atom. The van der Waals surface area contributed by atoms with Crippen molar-refractivity contribution in [2.24, 2.45) is 0 Å². The van der Waals surface area contributed by atoms with Crippen molar-refractivity contribution in [2.45, 2.75) is 38.8 Å². The summed E-state index contributed by atoms with van der Waals surface area (Å²) in [6.45, 7) is 7.25. The van der Waals surface area contributed by atoms with Gasteiger partial charge in [0.25, 0.3) is 5.91 Å².